The summed E-state index contributed by atoms with van der Waals surface area (Å²) in [7, 11) is 1.61. The number of carbonyl (C=O) groups is 2. The summed E-state index contributed by atoms with van der Waals surface area (Å²) in [5.41, 5.74) is 3.20. The van der Waals surface area contributed by atoms with Gasteiger partial charge in [0.1, 0.15) is 17.3 Å². The number of piperidine rings is 1. The minimum absolute atomic E-state index is 0.00748. The van der Waals surface area contributed by atoms with Crippen molar-refractivity contribution in [2.24, 2.45) is 5.92 Å². The van der Waals surface area contributed by atoms with E-state index in [1.54, 1.807) is 12.0 Å². The Balaban J connectivity index is 1.60. The highest BCUT2D eigenvalue weighted by atomic mass is 16.5. The first-order chi connectivity index (χ1) is 14.9. The van der Waals surface area contributed by atoms with Crippen LogP contribution in [0, 0.1) is 19.8 Å². The van der Waals surface area contributed by atoms with Gasteiger partial charge < -0.3 is 23.8 Å². The summed E-state index contributed by atoms with van der Waals surface area (Å²) in [6.07, 6.45) is 2.31. The Labute approximate surface area is 182 Å². The maximum absolute atomic E-state index is 12.7. The molecule has 2 aliphatic rings. The van der Waals surface area contributed by atoms with Gasteiger partial charge in [0.2, 0.25) is 5.91 Å². The number of fused-ring (bicyclic) bond motifs is 1. The zero-order valence-corrected chi connectivity index (χ0v) is 18.6. The molecule has 0 radical (unpaired) electrons. The first-order valence-corrected chi connectivity index (χ1v) is 10.8. The van der Waals surface area contributed by atoms with Crippen molar-refractivity contribution < 1.29 is 23.6 Å². The number of ether oxygens (including phenoxy) is 2. The molecule has 2 aromatic rings. The number of aryl methyl sites for hydroxylation is 2. The fraction of sp³-hybridized carbons (Fsp3) is 0.522. The fourth-order valence-electron chi connectivity index (χ4n) is 4.51. The van der Waals surface area contributed by atoms with Gasteiger partial charge in [-0.1, -0.05) is 12.1 Å². The van der Waals surface area contributed by atoms with Crippen LogP contribution in [0.25, 0.3) is 11.1 Å². The van der Waals surface area contributed by atoms with Crippen molar-refractivity contribution in [1.29, 1.82) is 0 Å². The molecule has 8 heteroatoms. The molecule has 166 valence electrons. The highest BCUT2D eigenvalue weighted by molar-refractivity contribution is 5.99. The third-order valence-corrected chi connectivity index (χ3v) is 6.24. The average molecular weight is 428 g/mol. The molecule has 1 aromatic carbocycles. The maximum atomic E-state index is 12.7. The molecule has 31 heavy (non-hydrogen) atoms. The van der Waals surface area contributed by atoms with Crippen molar-refractivity contribution in [3.8, 4) is 22.6 Å². The second kappa shape index (κ2) is 8.61. The molecule has 3 heterocycles. The number of hydrogen-bond donors (Lipinski definition) is 0. The van der Waals surface area contributed by atoms with E-state index in [4.69, 9.17) is 14.0 Å². The Hall–Kier alpha value is -3.03. The minimum Gasteiger partial charge on any atom is -0.496 e. The van der Waals surface area contributed by atoms with E-state index in [1.807, 2.05) is 37.8 Å². The average Bonchev–Trinajstić information content (AvgIpc) is 3.12. The fourth-order valence-corrected chi connectivity index (χ4v) is 4.51. The smallest absolute Gasteiger partial charge is 0.265 e. The van der Waals surface area contributed by atoms with Gasteiger partial charge in [-0.3, -0.25) is 9.59 Å². The molecule has 2 amide bonds. The van der Waals surface area contributed by atoms with Crippen LogP contribution in [0.1, 0.15) is 37.6 Å². The van der Waals surface area contributed by atoms with Gasteiger partial charge in [0, 0.05) is 37.7 Å². The molecule has 1 saturated heterocycles. The zero-order valence-electron chi connectivity index (χ0n) is 18.6. The molecule has 0 N–H and O–H groups in total. The predicted octanol–water partition coefficient (Wildman–Crippen LogP) is 3.34. The van der Waals surface area contributed by atoms with Gasteiger partial charge in [-0.05, 0) is 38.7 Å². The predicted molar refractivity (Wildman–Crippen MR) is 115 cm³/mol. The lowest BCUT2D eigenvalue weighted by Crippen LogP contribution is -2.45. The van der Waals surface area contributed by atoms with Gasteiger partial charge >= 0.3 is 0 Å². The van der Waals surface area contributed by atoms with Gasteiger partial charge in [-0.15, -0.1) is 0 Å². The molecule has 2 aliphatic heterocycles. The third kappa shape index (κ3) is 3.98. The number of aromatic nitrogens is 1. The van der Waals surface area contributed by atoms with Gasteiger partial charge in [0.05, 0.1) is 24.1 Å². The second-order valence-corrected chi connectivity index (χ2v) is 8.19. The highest BCUT2D eigenvalue weighted by Gasteiger charge is 2.32. The van der Waals surface area contributed by atoms with Gasteiger partial charge in [-0.25, -0.2) is 0 Å². The lowest BCUT2D eigenvalue weighted by Gasteiger charge is -2.37. The van der Waals surface area contributed by atoms with E-state index in [0.29, 0.717) is 36.1 Å². The number of benzene rings is 1. The van der Waals surface area contributed by atoms with E-state index >= 15 is 0 Å². The van der Waals surface area contributed by atoms with E-state index in [-0.39, 0.29) is 18.4 Å². The van der Waals surface area contributed by atoms with Crippen LogP contribution in [0.5, 0.6) is 11.5 Å². The van der Waals surface area contributed by atoms with E-state index in [1.165, 1.54) is 0 Å². The molecule has 4 rings (SSSR count). The molecule has 0 aliphatic carbocycles. The summed E-state index contributed by atoms with van der Waals surface area (Å²) < 4.78 is 16.8. The number of likely N-dealkylation sites (tertiary alicyclic amines) is 1. The lowest BCUT2D eigenvalue weighted by atomic mass is 9.95. The normalized spacial score (nSPS) is 16.8. The Morgan fingerprint density at radius 1 is 1.26 bits per heavy atom. The molecular weight excluding hydrogens is 398 g/mol. The lowest BCUT2D eigenvalue weighted by molar-refractivity contribution is -0.132. The van der Waals surface area contributed by atoms with Crippen LogP contribution >= 0.6 is 0 Å². The summed E-state index contributed by atoms with van der Waals surface area (Å²) in [5.74, 6) is 2.46. The van der Waals surface area contributed by atoms with Crippen molar-refractivity contribution in [2.45, 2.75) is 40.0 Å². The Morgan fingerprint density at radius 3 is 2.61 bits per heavy atom. The van der Waals surface area contributed by atoms with E-state index < -0.39 is 0 Å². The Kier molecular flexibility index (Phi) is 5.89. The molecule has 1 aromatic heterocycles. The first kappa shape index (κ1) is 21.2. The SMILES string of the molecule is CCC(=O)N1CCC(CN2C(=O)COc3cc(-c4c(C)noc4C)c(OC)cc32)CC1. The molecule has 8 nitrogen and oxygen atoms in total. The van der Waals surface area contributed by atoms with Crippen molar-refractivity contribution >= 4 is 17.5 Å². The minimum atomic E-state index is -0.0632. The van der Waals surface area contributed by atoms with Gasteiger partial charge in [-0.2, -0.15) is 0 Å². The quantitative estimate of drug-likeness (QED) is 0.728. The topological polar surface area (TPSA) is 85.1 Å². The van der Waals surface area contributed by atoms with Crippen molar-refractivity contribution in [3.63, 3.8) is 0 Å². The van der Waals surface area contributed by atoms with Crippen LogP contribution in [0.3, 0.4) is 0 Å². The van der Waals surface area contributed by atoms with Crippen molar-refractivity contribution in [2.75, 3.05) is 38.3 Å². The second-order valence-electron chi connectivity index (χ2n) is 8.19. The monoisotopic (exact) mass is 427 g/mol. The molecule has 0 bridgehead atoms. The number of nitrogens with zero attached hydrogens (tertiary/aromatic N) is 3. The summed E-state index contributed by atoms with van der Waals surface area (Å²) in [6.45, 7) is 7.75. The highest BCUT2D eigenvalue weighted by Crippen LogP contribution is 2.44. The molecule has 0 saturated carbocycles. The molecule has 0 atom stereocenters. The van der Waals surface area contributed by atoms with Crippen LogP contribution in [0.4, 0.5) is 5.69 Å². The van der Waals surface area contributed by atoms with Crippen molar-refractivity contribution in [1.82, 2.24) is 10.1 Å². The van der Waals surface area contributed by atoms with Gasteiger partial charge in [0.25, 0.3) is 5.91 Å². The molecule has 0 unspecified atom stereocenters. The summed E-state index contributed by atoms with van der Waals surface area (Å²) >= 11 is 0. The number of hydrogen-bond acceptors (Lipinski definition) is 6. The number of rotatable bonds is 5. The Morgan fingerprint density at radius 2 is 2.00 bits per heavy atom. The number of methoxy groups -OCH3 is 1. The molecule has 1 fully saturated rings. The van der Waals surface area contributed by atoms with E-state index in [0.717, 1.165) is 48.4 Å². The zero-order chi connectivity index (χ0) is 22.1. The van der Waals surface area contributed by atoms with E-state index in [2.05, 4.69) is 5.16 Å². The van der Waals surface area contributed by atoms with E-state index in [9.17, 15) is 9.59 Å². The van der Waals surface area contributed by atoms with Crippen LogP contribution < -0.4 is 14.4 Å². The standard InChI is InChI=1S/C23H29N3O5/c1-5-21(27)25-8-6-16(7-9-25)12-26-18-11-19(29-4)17(10-20(18)30-13-22(26)28)23-14(2)24-31-15(23)3/h10-11,16H,5-9,12-13H2,1-4H3. The number of amides is 2. The van der Waals surface area contributed by atoms with Crippen LogP contribution in [-0.4, -0.2) is 55.2 Å². The first-order valence-electron chi connectivity index (χ1n) is 10.8. The Bertz CT molecular complexity index is 972. The van der Waals surface area contributed by atoms with Crippen LogP contribution in [-0.2, 0) is 9.59 Å². The van der Waals surface area contributed by atoms with Crippen LogP contribution in [0.2, 0.25) is 0 Å². The van der Waals surface area contributed by atoms with Crippen molar-refractivity contribution in [3.05, 3.63) is 23.6 Å². The third-order valence-electron chi connectivity index (χ3n) is 6.24. The molecular formula is C23H29N3O5. The number of anilines is 1. The summed E-state index contributed by atoms with van der Waals surface area (Å²) in [4.78, 5) is 28.4. The largest absolute Gasteiger partial charge is 0.496 e. The van der Waals surface area contributed by atoms with Crippen LogP contribution in [0.15, 0.2) is 16.7 Å². The molecule has 0 spiro atoms. The van der Waals surface area contributed by atoms with Gasteiger partial charge in [0.15, 0.2) is 6.61 Å². The summed E-state index contributed by atoms with van der Waals surface area (Å²) in [6, 6.07) is 3.77. The maximum Gasteiger partial charge on any atom is 0.265 e. The number of carbonyl (C=O) groups excluding carboxylic acids is 2. The summed E-state index contributed by atoms with van der Waals surface area (Å²) in [5, 5.41) is 4.05.